The van der Waals surface area contributed by atoms with Crippen molar-refractivity contribution in [3.8, 4) is 0 Å². The molecular formula is C39H54N2. The molecule has 4 aliphatic rings. The van der Waals surface area contributed by atoms with Gasteiger partial charge in [0.25, 0.3) is 0 Å². The molecule has 6 rings (SSSR count). The van der Waals surface area contributed by atoms with Gasteiger partial charge in [-0.15, -0.1) is 0 Å². The molecule has 2 aromatic rings. The normalized spacial score (nSPS) is 32.2. The fraction of sp³-hybridized carbons (Fsp3) is 0.590. The molecule has 4 bridgehead atoms. The van der Waals surface area contributed by atoms with Crippen molar-refractivity contribution in [3.63, 3.8) is 0 Å². The summed E-state index contributed by atoms with van der Waals surface area (Å²) < 4.78 is 0. The molecule has 0 aromatic heterocycles. The SMILES string of the molecule is CC1=C(C)C2(C)c3c(C)c(C)c(C)c(C)c3C1(C)N2CCCN1C2(C)C(C)=C(C)C1(C)c1c(C)c(C)c(C)c(C)c12. The highest BCUT2D eigenvalue weighted by molar-refractivity contribution is 5.69. The van der Waals surface area contributed by atoms with Gasteiger partial charge >= 0.3 is 0 Å². The Kier molecular flexibility index (Phi) is 5.83. The Morgan fingerprint density at radius 1 is 0.341 bits per heavy atom. The van der Waals surface area contributed by atoms with Gasteiger partial charge in [-0.25, -0.2) is 0 Å². The Hall–Kier alpha value is -2.16. The van der Waals surface area contributed by atoms with Crippen molar-refractivity contribution in [3.05, 3.63) is 89.1 Å². The Labute approximate surface area is 250 Å². The van der Waals surface area contributed by atoms with Crippen LogP contribution in [0.4, 0.5) is 0 Å². The van der Waals surface area contributed by atoms with Crippen LogP contribution in [0.25, 0.3) is 0 Å². The van der Waals surface area contributed by atoms with E-state index in [1.807, 2.05) is 0 Å². The molecule has 220 valence electrons. The van der Waals surface area contributed by atoms with Gasteiger partial charge in [-0.1, -0.05) is 0 Å². The first-order chi connectivity index (χ1) is 18.9. The summed E-state index contributed by atoms with van der Waals surface area (Å²) >= 11 is 0. The molecular weight excluding hydrogens is 496 g/mol. The van der Waals surface area contributed by atoms with E-state index in [-0.39, 0.29) is 22.2 Å². The maximum atomic E-state index is 2.89. The molecule has 41 heavy (non-hydrogen) atoms. The van der Waals surface area contributed by atoms with E-state index in [0.29, 0.717) is 0 Å². The van der Waals surface area contributed by atoms with Crippen molar-refractivity contribution in [1.82, 2.24) is 9.80 Å². The van der Waals surface area contributed by atoms with Gasteiger partial charge in [0.15, 0.2) is 0 Å². The van der Waals surface area contributed by atoms with Crippen LogP contribution in [0.15, 0.2) is 22.3 Å². The summed E-state index contributed by atoms with van der Waals surface area (Å²) in [6.07, 6.45) is 1.16. The van der Waals surface area contributed by atoms with Crippen LogP contribution < -0.4 is 0 Å². The van der Waals surface area contributed by atoms with Crippen molar-refractivity contribution in [1.29, 1.82) is 0 Å². The third-order valence-electron chi connectivity index (χ3n) is 14.3. The molecule has 0 spiro atoms. The average molecular weight is 551 g/mol. The average Bonchev–Trinajstić information content (AvgIpc) is 3.39. The number of benzene rings is 2. The molecule has 4 aliphatic heterocycles. The highest BCUT2D eigenvalue weighted by Crippen LogP contribution is 2.66. The van der Waals surface area contributed by atoms with Gasteiger partial charge in [0.2, 0.25) is 0 Å². The third-order valence-corrected chi connectivity index (χ3v) is 14.3. The van der Waals surface area contributed by atoms with E-state index in [2.05, 4.69) is 121 Å². The van der Waals surface area contributed by atoms with Crippen molar-refractivity contribution in [2.24, 2.45) is 0 Å². The van der Waals surface area contributed by atoms with Crippen molar-refractivity contribution < 1.29 is 0 Å². The van der Waals surface area contributed by atoms with Gasteiger partial charge in [-0.2, -0.15) is 0 Å². The second kappa shape index (κ2) is 8.26. The summed E-state index contributed by atoms with van der Waals surface area (Å²) in [5, 5.41) is 0. The minimum absolute atomic E-state index is 0.0340. The molecule has 0 saturated heterocycles. The predicted octanol–water partition coefficient (Wildman–Crippen LogP) is 9.44. The lowest BCUT2D eigenvalue weighted by Crippen LogP contribution is -2.48. The number of hydrogen-bond donors (Lipinski definition) is 0. The highest BCUT2D eigenvalue weighted by atomic mass is 15.3. The monoisotopic (exact) mass is 550 g/mol. The van der Waals surface area contributed by atoms with Crippen LogP contribution in [-0.4, -0.2) is 22.9 Å². The molecule has 0 saturated carbocycles. The molecule has 2 nitrogen and oxygen atoms in total. The quantitative estimate of drug-likeness (QED) is 0.350. The first-order valence-corrected chi connectivity index (χ1v) is 16.0. The Balaban J connectivity index is 1.40. The maximum Gasteiger partial charge on any atom is 0.0663 e. The van der Waals surface area contributed by atoms with E-state index in [1.54, 1.807) is 44.5 Å². The molecule has 4 heterocycles. The third kappa shape index (κ3) is 2.80. The minimum Gasteiger partial charge on any atom is -0.277 e. The van der Waals surface area contributed by atoms with Crippen molar-refractivity contribution >= 4 is 0 Å². The summed E-state index contributed by atoms with van der Waals surface area (Å²) in [5.74, 6) is 0. The zero-order chi connectivity index (χ0) is 30.5. The second-order valence-electron chi connectivity index (χ2n) is 14.9. The largest absolute Gasteiger partial charge is 0.277 e. The van der Waals surface area contributed by atoms with Gasteiger partial charge in [-0.3, -0.25) is 9.80 Å². The summed E-state index contributed by atoms with van der Waals surface area (Å²) in [5.41, 5.74) is 24.5. The lowest BCUT2D eigenvalue weighted by molar-refractivity contribution is 0.0569. The zero-order valence-corrected chi connectivity index (χ0v) is 29.0. The van der Waals surface area contributed by atoms with E-state index in [4.69, 9.17) is 0 Å². The summed E-state index contributed by atoms with van der Waals surface area (Å²) in [7, 11) is 0. The number of hydrogen-bond acceptors (Lipinski definition) is 2. The predicted molar refractivity (Wildman–Crippen MR) is 175 cm³/mol. The van der Waals surface area contributed by atoms with Gasteiger partial charge < -0.3 is 0 Å². The molecule has 4 unspecified atom stereocenters. The van der Waals surface area contributed by atoms with E-state index < -0.39 is 0 Å². The highest BCUT2D eigenvalue weighted by Gasteiger charge is 2.64. The number of fused-ring (bicyclic) bond motifs is 10. The fourth-order valence-corrected chi connectivity index (χ4v) is 10.8. The maximum absolute atomic E-state index is 2.89. The number of nitrogens with zero attached hydrogens (tertiary/aromatic N) is 2. The zero-order valence-electron chi connectivity index (χ0n) is 29.0. The van der Waals surface area contributed by atoms with Crippen LogP contribution in [0.1, 0.15) is 129 Å². The Bertz CT molecular complexity index is 1410. The minimum atomic E-state index is -0.0340. The molecule has 0 radical (unpaired) electrons. The van der Waals surface area contributed by atoms with Crippen LogP contribution >= 0.6 is 0 Å². The smallest absolute Gasteiger partial charge is 0.0663 e. The lowest BCUT2D eigenvalue weighted by atomic mass is 9.70. The summed E-state index contributed by atoms with van der Waals surface area (Å²) in [4.78, 5) is 5.78. The van der Waals surface area contributed by atoms with E-state index >= 15 is 0 Å². The first-order valence-electron chi connectivity index (χ1n) is 16.0. The Morgan fingerprint density at radius 3 is 0.732 bits per heavy atom. The molecule has 4 atom stereocenters. The molecule has 0 amide bonds. The topological polar surface area (TPSA) is 6.48 Å². The van der Waals surface area contributed by atoms with E-state index in [0.717, 1.165) is 19.5 Å². The van der Waals surface area contributed by atoms with Gasteiger partial charge in [0.1, 0.15) is 0 Å². The van der Waals surface area contributed by atoms with Crippen molar-refractivity contribution in [2.45, 2.75) is 139 Å². The van der Waals surface area contributed by atoms with E-state index in [9.17, 15) is 0 Å². The van der Waals surface area contributed by atoms with Crippen LogP contribution in [0, 0.1) is 55.4 Å². The molecule has 2 heteroatoms. The number of rotatable bonds is 4. The summed E-state index contributed by atoms with van der Waals surface area (Å²) in [6.45, 7) is 40.8. The molecule has 0 aliphatic carbocycles. The van der Waals surface area contributed by atoms with Gasteiger partial charge in [0, 0.05) is 13.1 Å². The van der Waals surface area contributed by atoms with Crippen LogP contribution in [0.5, 0.6) is 0 Å². The molecule has 0 N–H and O–H groups in total. The van der Waals surface area contributed by atoms with Crippen molar-refractivity contribution in [2.75, 3.05) is 13.1 Å². The van der Waals surface area contributed by atoms with Gasteiger partial charge in [0.05, 0.1) is 22.2 Å². The summed E-state index contributed by atoms with van der Waals surface area (Å²) in [6, 6.07) is 0. The van der Waals surface area contributed by atoms with Crippen LogP contribution in [-0.2, 0) is 22.2 Å². The van der Waals surface area contributed by atoms with Crippen LogP contribution in [0.3, 0.4) is 0 Å². The van der Waals surface area contributed by atoms with Crippen LogP contribution in [0.2, 0.25) is 0 Å². The second-order valence-corrected chi connectivity index (χ2v) is 14.9. The van der Waals surface area contributed by atoms with Gasteiger partial charge in [-0.05, 0) is 206 Å². The standard InChI is InChI=1S/C39H54N2/c1-20-21(2)25(6)33-32(24(20)5)36(13)28(9)29(10)37(33,14)40(36)18-17-19-41-38(15)30(11)31(12)39(41,16)35-27(8)23(4)22(3)26(7)34(35)38/h17-19H2,1-16H3. The van der Waals surface area contributed by atoms with E-state index in [1.165, 1.54) is 44.5 Å². The lowest BCUT2D eigenvalue weighted by Gasteiger charge is -2.41. The Morgan fingerprint density at radius 2 is 0.537 bits per heavy atom. The molecule has 2 aromatic carbocycles. The first kappa shape index (κ1) is 28.9. The molecule has 0 fully saturated rings. The fourth-order valence-electron chi connectivity index (χ4n) is 10.8.